The Bertz CT molecular complexity index is 638. The first-order chi connectivity index (χ1) is 9.70. The van der Waals surface area contributed by atoms with Crippen molar-refractivity contribution >= 4 is 15.7 Å². The highest BCUT2D eigenvalue weighted by molar-refractivity contribution is 7.90. The maximum Gasteiger partial charge on any atom is 0.251 e. The second-order valence-electron chi connectivity index (χ2n) is 6.28. The van der Waals surface area contributed by atoms with E-state index in [1.165, 1.54) is 12.1 Å². The summed E-state index contributed by atoms with van der Waals surface area (Å²) in [4.78, 5) is 12.5. The minimum Gasteiger partial charge on any atom is -0.349 e. The molecule has 1 atom stereocenters. The van der Waals surface area contributed by atoms with Crippen molar-refractivity contribution in [3.63, 3.8) is 0 Å². The number of benzene rings is 1. The third kappa shape index (κ3) is 3.83. The molecule has 116 valence electrons. The topological polar surface area (TPSA) is 75.3 Å². The molecule has 1 amide bonds. The van der Waals surface area contributed by atoms with Crippen molar-refractivity contribution in [1.29, 1.82) is 0 Å². The summed E-state index contributed by atoms with van der Waals surface area (Å²) in [6.45, 7) is 5.94. The fourth-order valence-electron chi connectivity index (χ4n) is 2.55. The summed E-state index contributed by atoms with van der Waals surface area (Å²) in [5.74, 6) is -0.222. The first-order valence-electron chi connectivity index (χ1n) is 7.02. The Morgan fingerprint density at radius 1 is 1.38 bits per heavy atom. The number of rotatable bonds is 3. The van der Waals surface area contributed by atoms with E-state index in [4.69, 9.17) is 0 Å². The van der Waals surface area contributed by atoms with E-state index < -0.39 is 9.84 Å². The zero-order valence-corrected chi connectivity index (χ0v) is 13.5. The number of carbonyl (C=O) groups is 1. The Hall–Kier alpha value is -1.40. The first kappa shape index (κ1) is 16.0. The number of sulfone groups is 1. The van der Waals surface area contributed by atoms with Gasteiger partial charge in [-0.15, -0.1) is 0 Å². The molecule has 5 nitrogen and oxygen atoms in total. The molecule has 1 aromatic rings. The Morgan fingerprint density at radius 3 is 2.71 bits per heavy atom. The molecule has 0 saturated carbocycles. The highest BCUT2D eigenvalue weighted by Crippen LogP contribution is 2.25. The van der Waals surface area contributed by atoms with Crippen LogP contribution in [-0.4, -0.2) is 39.7 Å². The molecule has 2 N–H and O–H groups in total. The van der Waals surface area contributed by atoms with Crippen LogP contribution in [0.3, 0.4) is 0 Å². The van der Waals surface area contributed by atoms with Gasteiger partial charge in [-0.2, -0.15) is 0 Å². The van der Waals surface area contributed by atoms with Gasteiger partial charge in [0.15, 0.2) is 9.84 Å². The van der Waals surface area contributed by atoms with Gasteiger partial charge in [0, 0.05) is 24.4 Å². The van der Waals surface area contributed by atoms with Gasteiger partial charge in [-0.05, 0) is 36.6 Å². The SMILES string of the molecule is CC1(C)CNCCC1NC(=O)c1cccc(S(C)(=O)=O)c1. The van der Waals surface area contributed by atoms with Gasteiger partial charge in [-0.1, -0.05) is 19.9 Å². The molecule has 2 rings (SSSR count). The van der Waals surface area contributed by atoms with E-state index in [1.54, 1.807) is 12.1 Å². The van der Waals surface area contributed by atoms with Crippen molar-refractivity contribution in [1.82, 2.24) is 10.6 Å². The molecule has 1 aliphatic rings. The monoisotopic (exact) mass is 310 g/mol. The van der Waals surface area contributed by atoms with E-state index >= 15 is 0 Å². The summed E-state index contributed by atoms with van der Waals surface area (Å²) < 4.78 is 23.1. The lowest BCUT2D eigenvalue weighted by molar-refractivity contribution is 0.0868. The zero-order valence-electron chi connectivity index (χ0n) is 12.6. The minimum absolute atomic E-state index is 0.0254. The molecule has 1 unspecified atom stereocenters. The molecular formula is C15H22N2O3S. The zero-order chi connectivity index (χ0) is 15.7. The summed E-state index contributed by atoms with van der Waals surface area (Å²) >= 11 is 0. The first-order valence-corrected chi connectivity index (χ1v) is 8.91. The molecule has 1 heterocycles. The summed E-state index contributed by atoms with van der Waals surface area (Å²) in [5.41, 5.74) is 0.356. The maximum atomic E-state index is 12.4. The van der Waals surface area contributed by atoms with E-state index in [9.17, 15) is 13.2 Å². The average Bonchev–Trinajstić information content (AvgIpc) is 2.40. The summed E-state index contributed by atoms with van der Waals surface area (Å²) in [6, 6.07) is 6.24. The van der Waals surface area contributed by atoms with Gasteiger partial charge in [-0.3, -0.25) is 4.79 Å². The van der Waals surface area contributed by atoms with Gasteiger partial charge in [0.05, 0.1) is 4.90 Å². The Morgan fingerprint density at radius 2 is 2.10 bits per heavy atom. The fourth-order valence-corrected chi connectivity index (χ4v) is 3.21. The van der Waals surface area contributed by atoms with Crippen molar-refractivity contribution in [2.75, 3.05) is 19.3 Å². The molecule has 1 saturated heterocycles. The normalized spacial score (nSPS) is 21.8. The van der Waals surface area contributed by atoms with Gasteiger partial charge in [0.1, 0.15) is 0 Å². The van der Waals surface area contributed by atoms with Gasteiger partial charge in [0.25, 0.3) is 5.91 Å². The van der Waals surface area contributed by atoms with Crippen LogP contribution >= 0.6 is 0 Å². The highest BCUT2D eigenvalue weighted by Gasteiger charge is 2.33. The molecular weight excluding hydrogens is 288 g/mol. The van der Waals surface area contributed by atoms with Gasteiger partial charge < -0.3 is 10.6 Å². The van der Waals surface area contributed by atoms with E-state index in [0.717, 1.165) is 25.8 Å². The molecule has 0 radical (unpaired) electrons. The van der Waals surface area contributed by atoms with Crippen LogP contribution in [0.25, 0.3) is 0 Å². The van der Waals surface area contributed by atoms with Crippen LogP contribution in [-0.2, 0) is 9.84 Å². The van der Waals surface area contributed by atoms with Crippen LogP contribution in [0.4, 0.5) is 0 Å². The number of amides is 1. The highest BCUT2D eigenvalue weighted by atomic mass is 32.2. The van der Waals surface area contributed by atoms with E-state index in [1.807, 2.05) is 0 Å². The Balaban J connectivity index is 2.17. The molecule has 0 aliphatic carbocycles. The average molecular weight is 310 g/mol. The second kappa shape index (κ2) is 5.77. The van der Waals surface area contributed by atoms with Gasteiger partial charge >= 0.3 is 0 Å². The lowest BCUT2D eigenvalue weighted by Crippen LogP contribution is -2.54. The smallest absolute Gasteiger partial charge is 0.251 e. The molecule has 6 heteroatoms. The third-order valence-electron chi connectivity index (χ3n) is 3.96. The molecule has 0 spiro atoms. The van der Waals surface area contributed by atoms with Gasteiger partial charge in [-0.25, -0.2) is 8.42 Å². The quantitative estimate of drug-likeness (QED) is 0.880. The van der Waals surface area contributed by atoms with Crippen molar-refractivity contribution < 1.29 is 13.2 Å². The van der Waals surface area contributed by atoms with Crippen LogP contribution < -0.4 is 10.6 Å². The predicted molar refractivity (Wildman–Crippen MR) is 82.1 cm³/mol. The summed E-state index contributed by atoms with van der Waals surface area (Å²) in [5, 5.41) is 6.35. The lowest BCUT2D eigenvalue weighted by atomic mass is 9.80. The molecule has 1 fully saturated rings. The standard InChI is InChI=1S/C15H22N2O3S/c1-15(2)10-16-8-7-13(15)17-14(18)11-5-4-6-12(9-11)21(3,19)20/h4-6,9,13,16H,7-8,10H2,1-3H3,(H,17,18). The molecule has 21 heavy (non-hydrogen) atoms. The predicted octanol–water partition coefficient (Wildman–Crippen LogP) is 1.21. The fraction of sp³-hybridized carbons (Fsp3) is 0.533. The number of nitrogens with one attached hydrogen (secondary N) is 2. The number of carbonyl (C=O) groups excluding carboxylic acids is 1. The van der Waals surface area contributed by atoms with E-state index in [-0.39, 0.29) is 22.3 Å². The van der Waals surface area contributed by atoms with Gasteiger partial charge in [0.2, 0.25) is 0 Å². The van der Waals surface area contributed by atoms with Crippen molar-refractivity contribution in [3.05, 3.63) is 29.8 Å². The van der Waals surface area contributed by atoms with E-state index in [0.29, 0.717) is 5.56 Å². The molecule has 1 aromatic carbocycles. The largest absolute Gasteiger partial charge is 0.349 e. The van der Waals surface area contributed by atoms with Crippen LogP contribution in [0.5, 0.6) is 0 Å². The third-order valence-corrected chi connectivity index (χ3v) is 5.07. The minimum atomic E-state index is -3.30. The van der Waals surface area contributed by atoms with E-state index in [2.05, 4.69) is 24.5 Å². The Kier molecular flexibility index (Phi) is 4.39. The van der Waals surface area contributed by atoms with Crippen LogP contribution in [0.15, 0.2) is 29.2 Å². The molecule has 1 aliphatic heterocycles. The summed E-state index contributed by atoms with van der Waals surface area (Å²) in [7, 11) is -3.30. The lowest BCUT2D eigenvalue weighted by Gasteiger charge is -2.39. The van der Waals surface area contributed by atoms with Crippen molar-refractivity contribution in [3.8, 4) is 0 Å². The van der Waals surface area contributed by atoms with Crippen molar-refractivity contribution in [2.24, 2.45) is 5.41 Å². The summed E-state index contributed by atoms with van der Waals surface area (Å²) in [6.07, 6.45) is 2.00. The van der Waals surface area contributed by atoms with Crippen LogP contribution in [0.2, 0.25) is 0 Å². The number of hydrogen-bond acceptors (Lipinski definition) is 4. The second-order valence-corrected chi connectivity index (χ2v) is 8.30. The molecule has 0 bridgehead atoms. The maximum absolute atomic E-state index is 12.4. The Labute approximate surface area is 126 Å². The number of piperidine rings is 1. The van der Waals surface area contributed by atoms with Crippen LogP contribution in [0, 0.1) is 5.41 Å². The van der Waals surface area contributed by atoms with Crippen molar-refractivity contribution in [2.45, 2.75) is 31.2 Å². The molecule has 0 aromatic heterocycles. The van der Waals surface area contributed by atoms with Crippen LogP contribution in [0.1, 0.15) is 30.6 Å². The number of hydrogen-bond donors (Lipinski definition) is 2.